The van der Waals surface area contributed by atoms with E-state index in [9.17, 15) is 27.9 Å². The lowest BCUT2D eigenvalue weighted by molar-refractivity contribution is -0.133. The molecule has 4 N–H and O–H groups in total. The van der Waals surface area contributed by atoms with E-state index in [0.717, 1.165) is 17.4 Å². The van der Waals surface area contributed by atoms with E-state index in [1.807, 2.05) is 6.07 Å². The maximum absolute atomic E-state index is 13.7. The van der Waals surface area contributed by atoms with E-state index >= 15 is 0 Å². The first kappa shape index (κ1) is 32.5. The lowest BCUT2D eigenvalue weighted by Gasteiger charge is -2.34. The van der Waals surface area contributed by atoms with Crippen molar-refractivity contribution in [3.63, 3.8) is 0 Å². The third kappa shape index (κ3) is 7.58. The zero-order valence-electron chi connectivity index (χ0n) is 25.9. The number of hydrogen-bond acceptors (Lipinski definition) is 8. The number of fused-ring (bicyclic) bond motifs is 5. The number of likely N-dealkylation sites (tertiary alicyclic amines) is 1. The number of hydrogen-bond donors (Lipinski definition) is 4. The maximum atomic E-state index is 13.7. The number of aliphatic hydroxyl groups is 1. The minimum Gasteiger partial charge on any atom is -0.493 e. The Hall–Kier alpha value is -4.46. The van der Waals surface area contributed by atoms with E-state index in [0.29, 0.717) is 30.7 Å². The van der Waals surface area contributed by atoms with Gasteiger partial charge in [-0.15, -0.1) is 0 Å². The molecule has 5 atom stereocenters. The molecular formula is C34H38N4O8S. The Morgan fingerprint density at radius 2 is 1.72 bits per heavy atom. The summed E-state index contributed by atoms with van der Waals surface area (Å²) in [5.41, 5.74) is 2.32. The van der Waals surface area contributed by atoms with Crippen LogP contribution in [0.25, 0.3) is 11.1 Å². The number of rotatable bonds is 3. The van der Waals surface area contributed by atoms with Crippen LogP contribution in [-0.4, -0.2) is 92.6 Å². The minimum atomic E-state index is -3.36. The summed E-state index contributed by atoms with van der Waals surface area (Å²) >= 11 is 0. The summed E-state index contributed by atoms with van der Waals surface area (Å²) in [4.78, 5) is 42.2. The van der Waals surface area contributed by atoms with Crippen molar-refractivity contribution >= 4 is 33.4 Å². The molecule has 4 amide bonds. The Kier molecular flexibility index (Phi) is 9.48. The van der Waals surface area contributed by atoms with Gasteiger partial charge in [0, 0.05) is 37.5 Å². The molecule has 12 nitrogen and oxygen atoms in total. The Bertz CT molecular complexity index is 1730. The summed E-state index contributed by atoms with van der Waals surface area (Å²) in [5.74, 6) is -0.486. The summed E-state index contributed by atoms with van der Waals surface area (Å²) < 4.78 is 36.2. The Labute approximate surface area is 273 Å². The summed E-state index contributed by atoms with van der Waals surface area (Å²) in [6, 6.07) is 18.6. The fourth-order valence-corrected chi connectivity index (χ4v) is 6.89. The third-order valence-electron chi connectivity index (χ3n) is 8.82. The Morgan fingerprint density at radius 1 is 0.979 bits per heavy atom. The predicted octanol–water partition coefficient (Wildman–Crippen LogP) is 2.97. The largest absolute Gasteiger partial charge is 0.493 e. The van der Waals surface area contributed by atoms with Crippen LogP contribution >= 0.6 is 0 Å². The summed E-state index contributed by atoms with van der Waals surface area (Å²) in [6.45, 7) is 0.396. The first-order chi connectivity index (χ1) is 22.5. The number of aliphatic hydroxyl groups excluding tert-OH is 1. The maximum Gasteiger partial charge on any atom is 0.322 e. The summed E-state index contributed by atoms with van der Waals surface area (Å²) in [5, 5.41) is 19.3. The lowest BCUT2D eigenvalue weighted by Crippen LogP contribution is -2.51. The fraction of sp³-hybridized carbons (Fsp3) is 0.382. The fourth-order valence-electron chi connectivity index (χ4n) is 6.26. The molecular weight excluding hydrogens is 624 g/mol. The number of anilines is 1. The molecule has 3 heterocycles. The molecule has 3 aliphatic rings. The van der Waals surface area contributed by atoms with Crippen LogP contribution in [0.2, 0.25) is 0 Å². The number of nitrogens with zero attached hydrogens (tertiary/aromatic N) is 1. The van der Waals surface area contributed by atoms with Crippen LogP contribution in [0, 0.1) is 0 Å². The topological polar surface area (TPSA) is 163 Å². The Balaban J connectivity index is 1.29. The number of nitrogens with one attached hydrogen (secondary N) is 3. The van der Waals surface area contributed by atoms with E-state index in [1.54, 1.807) is 54.6 Å². The van der Waals surface area contributed by atoms with Gasteiger partial charge in [-0.25, -0.2) is 13.2 Å². The molecule has 0 saturated carbocycles. The molecule has 0 aromatic heterocycles. The highest BCUT2D eigenvalue weighted by Gasteiger charge is 2.41. The highest BCUT2D eigenvalue weighted by molar-refractivity contribution is 7.90. The van der Waals surface area contributed by atoms with Gasteiger partial charge in [0.25, 0.3) is 5.91 Å². The minimum absolute atomic E-state index is 0.0728. The molecule has 6 rings (SSSR count). The summed E-state index contributed by atoms with van der Waals surface area (Å²) in [7, 11) is -3.36. The quantitative estimate of drug-likeness (QED) is 0.333. The first-order valence-corrected chi connectivity index (χ1v) is 17.6. The van der Waals surface area contributed by atoms with Crippen LogP contribution in [0.1, 0.15) is 36.0 Å². The number of amides is 4. The first-order valence-electron chi connectivity index (χ1n) is 15.7. The number of para-hydroxylation sites is 1. The third-order valence-corrected chi connectivity index (χ3v) is 9.95. The van der Waals surface area contributed by atoms with E-state index in [-0.39, 0.29) is 42.7 Å². The lowest BCUT2D eigenvalue weighted by atomic mass is 9.99. The monoisotopic (exact) mass is 662 g/mol. The standard InChI is InChI=1S/C34H38N4O8S/c1-47(43,44)26-11-7-21(8-12-26)22-9-13-27-30(17-22)45-16-15-25-10-14-29(39)31(46-25)19-35-33(41)28-18-24(36-32(27)40)20-38(28)34(42)37-23-5-3-2-4-6-23/h2-9,11-13,17,24-25,28-29,31,39H,10,14-16,18-20H2,1H3,(H,35,41)(H,36,40)(H,37,42)/t24-,25-,28-,29-,31+/m0/s1. The second-order valence-corrected chi connectivity index (χ2v) is 14.2. The van der Waals surface area contributed by atoms with E-state index in [1.165, 1.54) is 17.0 Å². The Morgan fingerprint density at radius 3 is 2.47 bits per heavy atom. The predicted molar refractivity (Wildman–Crippen MR) is 174 cm³/mol. The molecule has 47 heavy (non-hydrogen) atoms. The molecule has 0 spiro atoms. The van der Waals surface area contributed by atoms with Crippen molar-refractivity contribution in [1.29, 1.82) is 0 Å². The molecule has 4 bridgehead atoms. The van der Waals surface area contributed by atoms with Gasteiger partial charge in [-0.1, -0.05) is 36.4 Å². The van der Waals surface area contributed by atoms with E-state index in [2.05, 4.69) is 16.0 Å². The van der Waals surface area contributed by atoms with Gasteiger partial charge in [0.2, 0.25) is 5.91 Å². The van der Waals surface area contributed by atoms with Crippen molar-refractivity contribution in [1.82, 2.24) is 15.5 Å². The van der Waals surface area contributed by atoms with Crippen molar-refractivity contribution in [3.8, 4) is 16.9 Å². The van der Waals surface area contributed by atoms with E-state index in [4.69, 9.17) is 9.47 Å². The van der Waals surface area contributed by atoms with Crippen LogP contribution in [0.4, 0.5) is 10.5 Å². The highest BCUT2D eigenvalue weighted by atomic mass is 32.2. The van der Waals surface area contributed by atoms with Gasteiger partial charge in [0.15, 0.2) is 9.84 Å². The van der Waals surface area contributed by atoms with Crippen molar-refractivity contribution in [2.75, 3.05) is 31.3 Å². The number of urea groups is 1. The number of sulfone groups is 1. The van der Waals surface area contributed by atoms with Crippen LogP contribution in [0.5, 0.6) is 5.75 Å². The van der Waals surface area contributed by atoms with Gasteiger partial charge in [-0.3, -0.25) is 9.59 Å². The molecule has 3 aromatic rings. The van der Waals surface area contributed by atoms with Gasteiger partial charge in [-0.2, -0.15) is 0 Å². The van der Waals surface area contributed by atoms with Crippen molar-refractivity contribution in [2.24, 2.45) is 0 Å². The van der Waals surface area contributed by atoms with Gasteiger partial charge in [-0.05, 0) is 66.8 Å². The number of carbonyl (C=O) groups excluding carboxylic acids is 3. The molecule has 3 aliphatic heterocycles. The number of carbonyl (C=O) groups is 3. The normalized spacial score (nSPS) is 25.1. The molecule has 2 fully saturated rings. The number of ether oxygens (including phenoxy) is 2. The van der Waals surface area contributed by atoms with Crippen molar-refractivity contribution < 1.29 is 37.4 Å². The van der Waals surface area contributed by atoms with Crippen LogP contribution in [-0.2, 0) is 19.4 Å². The van der Waals surface area contributed by atoms with Crippen LogP contribution < -0.4 is 20.7 Å². The van der Waals surface area contributed by atoms with Crippen molar-refractivity contribution in [2.45, 2.75) is 61.0 Å². The average molecular weight is 663 g/mol. The van der Waals surface area contributed by atoms with Crippen molar-refractivity contribution in [3.05, 3.63) is 78.4 Å². The number of benzene rings is 3. The average Bonchev–Trinajstić information content (AvgIpc) is 3.48. The van der Waals surface area contributed by atoms with Gasteiger partial charge >= 0.3 is 6.03 Å². The zero-order chi connectivity index (χ0) is 33.1. The molecule has 3 aromatic carbocycles. The molecule has 2 saturated heterocycles. The second-order valence-electron chi connectivity index (χ2n) is 12.2. The molecule has 0 unspecified atom stereocenters. The highest BCUT2D eigenvalue weighted by Crippen LogP contribution is 2.30. The van der Waals surface area contributed by atoms with Crippen LogP contribution in [0.3, 0.4) is 0 Å². The van der Waals surface area contributed by atoms with Gasteiger partial charge in [0.05, 0.1) is 29.3 Å². The van der Waals surface area contributed by atoms with E-state index < -0.39 is 52.0 Å². The smallest absolute Gasteiger partial charge is 0.322 e. The van der Waals surface area contributed by atoms with Gasteiger partial charge in [0.1, 0.15) is 17.9 Å². The summed E-state index contributed by atoms with van der Waals surface area (Å²) in [6.07, 6.45) is 1.31. The second kappa shape index (κ2) is 13.7. The zero-order valence-corrected chi connectivity index (χ0v) is 26.7. The molecule has 0 radical (unpaired) electrons. The van der Waals surface area contributed by atoms with Gasteiger partial charge < -0.3 is 35.4 Å². The molecule has 13 heteroatoms. The molecule has 248 valence electrons. The molecule has 0 aliphatic carbocycles. The SMILES string of the molecule is CS(=O)(=O)c1ccc(-c2ccc3c(c2)OCC[C@@H]2CC[C@H](O)[C@@H](CNC(=O)[C@@H]4C[C@@H](CN4C(=O)Nc4ccccc4)NC3=O)O2)cc1. The van der Waals surface area contributed by atoms with Crippen LogP contribution in [0.15, 0.2) is 77.7 Å².